The summed E-state index contributed by atoms with van der Waals surface area (Å²) in [6.45, 7) is 7.10. The van der Waals surface area contributed by atoms with E-state index in [4.69, 9.17) is 11.0 Å². The molecule has 0 saturated heterocycles. The molecule has 0 aliphatic carbocycles. The van der Waals surface area contributed by atoms with Gasteiger partial charge in [-0.15, -0.1) is 0 Å². The van der Waals surface area contributed by atoms with E-state index in [1.807, 2.05) is 0 Å². The summed E-state index contributed by atoms with van der Waals surface area (Å²) < 4.78 is 0. The summed E-state index contributed by atoms with van der Waals surface area (Å²) >= 11 is 0. The van der Waals surface area contributed by atoms with Crippen molar-refractivity contribution in [2.75, 3.05) is 13.6 Å². The Hall–Kier alpha value is -0.590. The Morgan fingerprint density at radius 3 is 2.46 bits per heavy atom. The molecular weight excluding hydrogens is 162 g/mol. The highest BCUT2D eigenvalue weighted by molar-refractivity contribution is 5.00. The third-order valence-corrected chi connectivity index (χ3v) is 2.34. The van der Waals surface area contributed by atoms with Crippen LogP contribution < -0.4 is 5.73 Å². The SMILES string of the molecule is CC(C)N(C)CCCC(C)(N)C#N. The second kappa shape index (κ2) is 5.21. The normalized spacial score (nSPS) is 15.8. The van der Waals surface area contributed by atoms with Crippen LogP contribution in [0, 0.1) is 11.3 Å². The molecule has 0 saturated carbocycles. The molecule has 0 bridgehead atoms. The molecule has 3 nitrogen and oxygen atoms in total. The van der Waals surface area contributed by atoms with E-state index in [2.05, 4.69) is 31.9 Å². The van der Waals surface area contributed by atoms with E-state index < -0.39 is 5.54 Å². The standard InChI is InChI=1S/C10H21N3/c1-9(2)13(4)7-5-6-10(3,12)8-11/h9H,5-7,12H2,1-4H3. The minimum Gasteiger partial charge on any atom is -0.314 e. The second-order valence-electron chi connectivity index (χ2n) is 4.21. The maximum atomic E-state index is 8.68. The predicted octanol–water partition coefficient (Wildman–Crippen LogP) is 1.35. The number of nitriles is 1. The smallest absolute Gasteiger partial charge is 0.101 e. The largest absolute Gasteiger partial charge is 0.314 e. The predicted molar refractivity (Wildman–Crippen MR) is 55.2 cm³/mol. The van der Waals surface area contributed by atoms with Gasteiger partial charge in [0.2, 0.25) is 0 Å². The van der Waals surface area contributed by atoms with Gasteiger partial charge in [0.05, 0.1) is 6.07 Å². The molecule has 76 valence electrons. The Morgan fingerprint density at radius 2 is 2.08 bits per heavy atom. The van der Waals surface area contributed by atoms with Gasteiger partial charge in [-0.2, -0.15) is 5.26 Å². The summed E-state index contributed by atoms with van der Waals surface area (Å²) in [5, 5.41) is 8.68. The molecule has 0 fully saturated rings. The Bertz CT molecular complexity index is 179. The summed E-state index contributed by atoms with van der Waals surface area (Å²) in [6, 6.07) is 2.66. The van der Waals surface area contributed by atoms with E-state index in [0.717, 1.165) is 19.4 Å². The van der Waals surface area contributed by atoms with Crippen LogP contribution >= 0.6 is 0 Å². The molecule has 0 amide bonds. The van der Waals surface area contributed by atoms with E-state index in [-0.39, 0.29) is 0 Å². The lowest BCUT2D eigenvalue weighted by molar-refractivity contribution is 0.262. The zero-order chi connectivity index (χ0) is 10.5. The summed E-state index contributed by atoms with van der Waals surface area (Å²) in [6.07, 6.45) is 1.75. The Kier molecular flexibility index (Phi) is 4.97. The van der Waals surface area contributed by atoms with Gasteiger partial charge in [0.25, 0.3) is 0 Å². The highest BCUT2D eigenvalue weighted by Gasteiger charge is 2.16. The molecule has 1 atom stereocenters. The third kappa shape index (κ3) is 5.62. The first-order chi connectivity index (χ1) is 5.89. The Morgan fingerprint density at radius 1 is 1.54 bits per heavy atom. The number of nitrogens with two attached hydrogens (primary N) is 1. The van der Waals surface area contributed by atoms with E-state index in [1.54, 1.807) is 6.92 Å². The monoisotopic (exact) mass is 183 g/mol. The highest BCUT2D eigenvalue weighted by atomic mass is 15.1. The van der Waals surface area contributed by atoms with Crippen molar-refractivity contribution in [2.24, 2.45) is 5.73 Å². The highest BCUT2D eigenvalue weighted by Crippen LogP contribution is 2.08. The molecule has 0 aromatic heterocycles. The van der Waals surface area contributed by atoms with Gasteiger partial charge >= 0.3 is 0 Å². The number of rotatable bonds is 5. The van der Waals surface area contributed by atoms with E-state index in [9.17, 15) is 0 Å². The van der Waals surface area contributed by atoms with Gasteiger partial charge in [-0.1, -0.05) is 0 Å². The third-order valence-electron chi connectivity index (χ3n) is 2.34. The molecule has 0 rings (SSSR count). The van der Waals surface area contributed by atoms with Gasteiger partial charge in [-0.25, -0.2) is 0 Å². The fourth-order valence-electron chi connectivity index (χ4n) is 1.01. The average molecular weight is 183 g/mol. The first-order valence-electron chi connectivity index (χ1n) is 4.79. The molecule has 0 aliphatic rings. The minimum absolute atomic E-state index is 0.561. The van der Waals surface area contributed by atoms with Crippen LogP contribution in [0.5, 0.6) is 0 Å². The topological polar surface area (TPSA) is 53.0 Å². The van der Waals surface area contributed by atoms with Gasteiger partial charge in [0.15, 0.2) is 0 Å². The molecule has 0 spiro atoms. The molecule has 0 aromatic carbocycles. The quantitative estimate of drug-likeness (QED) is 0.700. The van der Waals surface area contributed by atoms with Crippen molar-refractivity contribution in [2.45, 2.75) is 45.2 Å². The van der Waals surface area contributed by atoms with Crippen molar-refractivity contribution >= 4 is 0 Å². The van der Waals surface area contributed by atoms with Crippen molar-refractivity contribution in [3.05, 3.63) is 0 Å². The van der Waals surface area contributed by atoms with Crippen LogP contribution in [0.15, 0.2) is 0 Å². The van der Waals surface area contributed by atoms with Gasteiger partial charge < -0.3 is 10.6 Å². The molecule has 2 N–H and O–H groups in total. The zero-order valence-corrected chi connectivity index (χ0v) is 9.17. The average Bonchev–Trinajstić information content (AvgIpc) is 2.04. The van der Waals surface area contributed by atoms with Gasteiger partial charge in [0.1, 0.15) is 5.54 Å². The van der Waals surface area contributed by atoms with Crippen molar-refractivity contribution < 1.29 is 0 Å². The van der Waals surface area contributed by atoms with Crippen molar-refractivity contribution in [1.82, 2.24) is 4.90 Å². The Labute approximate surface area is 81.5 Å². The minimum atomic E-state index is -0.655. The van der Waals surface area contributed by atoms with Crippen LogP contribution in [0.4, 0.5) is 0 Å². The van der Waals surface area contributed by atoms with Crippen LogP contribution in [0.3, 0.4) is 0 Å². The van der Waals surface area contributed by atoms with E-state index >= 15 is 0 Å². The molecule has 13 heavy (non-hydrogen) atoms. The van der Waals surface area contributed by atoms with Gasteiger partial charge in [-0.05, 0) is 47.2 Å². The first kappa shape index (κ1) is 12.4. The maximum absolute atomic E-state index is 8.68. The van der Waals surface area contributed by atoms with Crippen LogP contribution in [0.2, 0.25) is 0 Å². The molecule has 1 unspecified atom stereocenters. The lowest BCUT2D eigenvalue weighted by Crippen LogP contribution is -2.35. The van der Waals surface area contributed by atoms with Crippen LogP contribution in [-0.2, 0) is 0 Å². The van der Waals surface area contributed by atoms with Gasteiger partial charge in [0, 0.05) is 6.04 Å². The van der Waals surface area contributed by atoms with E-state index in [1.165, 1.54) is 0 Å². The van der Waals surface area contributed by atoms with Crippen molar-refractivity contribution in [3.63, 3.8) is 0 Å². The van der Waals surface area contributed by atoms with Crippen LogP contribution in [-0.4, -0.2) is 30.1 Å². The summed E-state index contributed by atoms with van der Waals surface area (Å²) in [5.41, 5.74) is 5.04. The second-order valence-corrected chi connectivity index (χ2v) is 4.21. The van der Waals surface area contributed by atoms with E-state index in [0.29, 0.717) is 6.04 Å². The summed E-state index contributed by atoms with van der Waals surface area (Å²) in [5.74, 6) is 0. The summed E-state index contributed by atoms with van der Waals surface area (Å²) in [4.78, 5) is 2.26. The molecule has 0 heterocycles. The lowest BCUT2D eigenvalue weighted by Gasteiger charge is -2.22. The lowest BCUT2D eigenvalue weighted by atomic mass is 9.99. The zero-order valence-electron chi connectivity index (χ0n) is 9.17. The van der Waals surface area contributed by atoms with Gasteiger partial charge in [-0.3, -0.25) is 0 Å². The molecule has 3 heteroatoms. The Balaban J connectivity index is 3.64. The van der Waals surface area contributed by atoms with Crippen molar-refractivity contribution in [1.29, 1.82) is 5.26 Å². The maximum Gasteiger partial charge on any atom is 0.101 e. The fourth-order valence-corrected chi connectivity index (χ4v) is 1.01. The molecule has 0 aromatic rings. The van der Waals surface area contributed by atoms with Crippen LogP contribution in [0.25, 0.3) is 0 Å². The fraction of sp³-hybridized carbons (Fsp3) is 0.900. The molecule has 0 aliphatic heterocycles. The number of nitrogens with zero attached hydrogens (tertiary/aromatic N) is 2. The van der Waals surface area contributed by atoms with Crippen LogP contribution in [0.1, 0.15) is 33.6 Å². The summed E-state index contributed by atoms with van der Waals surface area (Å²) in [7, 11) is 2.09. The number of hydrogen-bond donors (Lipinski definition) is 1. The van der Waals surface area contributed by atoms with Crippen molar-refractivity contribution in [3.8, 4) is 6.07 Å². The number of hydrogen-bond acceptors (Lipinski definition) is 3. The molecule has 0 radical (unpaired) electrons. The first-order valence-corrected chi connectivity index (χ1v) is 4.79. The molecular formula is C10H21N3.